The van der Waals surface area contributed by atoms with Gasteiger partial charge in [-0.2, -0.15) is 0 Å². The summed E-state index contributed by atoms with van der Waals surface area (Å²) in [6.45, 7) is 4.17. The van der Waals surface area contributed by atoms with Crippen molar-refractivity contribution in [2.75, 3.05) is 0 Å². The van der Waals surface area contributed by atoms with Gasteiger partial charge >= 0.3 is 0 Å². The predicted octanol–water partition coefficient (Wildman–Crippen LogP) is 3.76. The Hall–Kier alpha value is -0.890. The molecular formula is C15H22FN. The summed E-state index contributed by atoms with van der Waals surface area (Å²) < 4.78 is 13.4. The molecule has 17 heavy (non-hydrogen) atoms. The molecule has 2 N–H and O–H groups in total. The van der Waals surface area contributed by atoms with Crippen LogP contribution in [0.3, 0.4) is 0 Å². The lowest BCUT2D eigenvalue weighted by molar-refractivity contribution is 0.282. The molecule has 2 rings (SSSR count). The van der Waals surface area contributed by atoms with E-state index in [9.17, 15) is 4.39 Å². The Morgan fingerprint density at radius 1 is 1.29 bits per heavy atom. The average molecular weight is 235 g/mol. The fourth-order valence-corrected chi connectivity index (χ4v) is 3.01. The van der Waals surface area contributed by atoms with E-state index in [1.54, 1.807) is 12.1 Å². The molecule has 1 nitrogen and oxygen atoms in total. The normalized spacial score (nSPS) is 29.3. The second kappa shape index (κ2) is 5.18. The number of halogens is 1. The van der Waals surface area contributed by atoms with E-state index in [-0.39, 0.29) is 11.9 Å². The van der Waals surface area contributed by atoms with Gasteiger partial charge in [0.1, 0.15) is 5.82 Å². The Bertz CT molecular complexity index is 368. The van der Waals surface area contributed by atoms with Crippen molar-refractivity contribution in [3.63, 3.8) is 0 Å². The molecule has 1 aromatic rings. The summed E-state index contributed by atoms with van der Waals surface area (Å²) in [5.41, 5.74) is 8.29. The first-order chi connectivity index (χ1) is 8.10. The highest BCUT2D eigenvalue weighted by atomic mass is 19.1. The third-order valence-corrected chi connectivity index (χ3v) is 4.08. The van der Waals surface area contributed by atoms with E-state index in [1.807, 2.05) is 6.92 Å². The average Bonchev–Trinajstić information content (AvgIpc) is 2.28. The molecule has 1 aliphatic rings. The van der Waals surface area contributed by atoms with Crippen LogP contribution in [0.25, 0.3) is 0 Å². The highest BCUT2D eigenvalue weighted by Gasteiger charge is 2.28. The molecule has 0 saturated heterocycles. The van der Waals surface area contributed by atoms with Crippen molar-refractivity contribution in [1.29, 1.82) is 0 Å². The first-order valence-corrected chi connectivity index (χ1v) is 6.62. The van der Waals surface area contributed by atoms with Gasteiger partial charge in [-0.15, -0.1) is 0 Å². The molecule has 0 heterocycles. The summed E-state index contributed by atoms with van der Waals surface area (Å²) in [5.74, 6) is 0.956. The maximum absolute atomic E-state index is 13.4. The number of aryl methyl sites for hydroxylation is 1. The van der Waals surface area contributed by atoms with Crippen LogP contribution >= 0.6 is 0 Å². The number of rotatable bonds is 2. The quantitative estimate of drug-likeness (QED) is 0.830. The van der Waals surface area contributed by atoms with E-state index in [0.717, 1.165) is 29.9 Å². The lowest BCUT2D eigenvalue weighted by atomic mass is 9.74. The highest BCUT2D eigenvalue weighted by Crippen LogP contribution is 2.37. The Kier molecular flexibility index (Phi) is 3.82. The van der Waals surface area contributed by atoms with Gasteiger partial charge in [-0.1, -0.05) is 19.4 Å². The van der Waals surface area contributed by atoms with Gasteiger partial charge in [-0.05, 0) is 61.3 Å². The summed E-state index contributed by atoms with van der Waals surface area (Å²) >= 11 is 0. The van der Waals surface area contributed by atoms with Gasteiger partial charge in [-0.25, -0.2) is 4.39 Å². The van der Waals surface area contributed by atoms with Gasteiger partial charge in [0.05, 0.1) is 0 Å². The Morgan fingerprint density at radius 2 is 2.06 bits per heavy atom. The molecule has 1 fully saturated rings. The number of hydrogen-bond acceptors (Lipinski definition) is 1. The minimum Gasteiger partial charge on any atom is -0.327 e. The van der Waals surface area contributed by atoms with Gasteiger partial charge in [-0.3, -0.25) is 0 Å². The van der Waals surface area contributed by atoms with E-state index in [4.69, 9.17) is 5.73 Å². The molecule has 1 saturated carbocycles. The fourth-order valence-electron chi connectivity index (χ4n) is 3.01. The summed E-state index contributed by atoms with van der Waals surface area (Å²) in [5, 5.41) is 0. The lowest BCUT2D eigenvalue weighted by Gasteiger charge is -2.34. The molecule has 0 bridgehead atoms. The second-order valence-electron chi connectivity index (χ2n) is 5.42. The zero-order valence-corrected chi connectivity index (χ0v) is 10.7. The van der Waals surface area contributed by atoms with Crippen LogP contribution in [-0.4, -0.2) is 6.04 Å². The van der Waals surface area contributed by atoms with Crippen LogP contribution in [0.4, 0.5) is 4.39 Å². The number of nitrogens with two attached hydrogens (primary N) is 1. The zero-order chi connectivity index (χ0) is 12.4. The standard InChI is InChI=1S/C15H22FN/c1-3-11-4-5-15(17)14(8-11)12-6-10(2)7-13(16)9-12/h6-7,9,11,14-15H,3-5,8,17H2,1-2H3. The van der Waals surface area contributed by atoms with Crippen molar-refractivity contribution in [3.05, 3.63) is 35.1 Å². The predicted molar refractivity (Wildman–Crippen MR) is 69.5 cm³/mol. The van der Waals surface area contributed by atoms with E-state index in [2.05, 4.69) is 13.0 Å². The minimum absolute atomic E-state index is 0.133. The Labute approximate surface area is 103 Å². The maximum atomic E-state index is 13.4. The van der Waals surface area contributed by atoms with Gasteiger partial charge in [0.15, 0.2) is 0 Å². The molecular weight excluding hydrogens is 213 g/mol. The number of hydrogen-bond donors (Lipinski definition) is 1. The largest absolute Gasteiger partial charge is 0.327 e. The fraction of sp³-hybridized carbons (Fsp3) is 0.600. The van der Waals surface area contributed by atoms with Gasteiger partial charge < -0.3 is 5.73 Å². The van der Waals surface area contributed by atoms with Crippen molar-refractivity contribution < 1.29 is 4.39 Å². The van der Waals surface area contributed by atoms with E-state index in [0.29, 0.717) is 5.92 Å². The summed E-state index contributed by atoms with van der Waals surface area (Å²) in [6, 6.07) is 5.52. The molecule has 94 valence electrons. The van der Waals surface area contributed by atoms with Crippen molar-refractivity contribution in [2.24, 2.45) is 11.7 Å². The smallest absolute Gasteiger partial charge is 0.123 e. The molecule has 3 unspecified atom stereocenters. The SMILES string of the molecule is CCC1CCC(N)C(c2cc(C)cc(F)c2)C1. The van der Waals surface area contributed by atoms with Crippen LogP contribution < -0.4 is 5.73 Å². The molecule has 0 aliphatic heterocycles. The molecule has 0 amide bonds. The Morgan fingerprint density at radius 3 is 2.71 bits per heavy atom. The van der Waals surface area contributed by atoms with E-state index < -0.39 is 0 Å². The molecule has 3 atom stereocenters. The van der Waals surface area contributed by atoms with Crippen molar-refractivity contribution >= 4 is 0 Å². The molecule has 1 aliphatic carbocycles. The van der Waals surface area contributed by atoms with Crippen molar-refractivity contribution in [1.82, 2.24) is 0 Å². The topological polar surface area (TPSA) is 26.0 Å². The van der Waals surface area contributed by atoms with Crippen molar-refractivity contribution in [2.45, 2.75) is 51.5 Å². The molecule has 0 spiro atoms. The van der Waals surface area contributed by atoms with Crippen molar-refractivity contribution in [3.8, 4) is 0 Å². The second-order valence-corrected chi connectivity index (χ2v) is 5.42. The molecule has 0 radical (unpaired) electrons. The van der Waals surface area contributed by atoms with Gasteiger partial charge in [0.25, 0.3) is 0 Å². The van der Waals surface area contributed by atoms with Crippen LogP contribution in [0, 0.1) is 18.7 Å². The maximum Gasteiger partial charge on any atom is 0.123 e. The molecule has 2 heteroatoms. The summed E-state index contributed by atoms with van der Waals surface area (Å²) in [6.07, 6.45) is 4.61. The van der Waals surface area contributed by atoms with E-state index in [1.165, 1.54) is 12.8 Å². The third-order valence-electron chi connectivity index (χ3n) is 4.08. The molecule has 0 aromatic heterocycles. The third kappa shape index (κ3) is 2.86. The summed E-state index contributed by atoms with van der Waals surface area (Å²) in [7, 11) is 0. The zero-order valence-electron chi connectivity index (χ0n) is 10.7. The summed E-state index contributed by atoms with van der Waals surface area (Å²) in [4.78, 5) is 0. The van der Waals surface area contributed by atoms with Crippen LogP contribution in [0.2, 0.25) is 0 Å². The van der Waals surface area contributed by atoms with E-state index >= 15 is 0 Å². The van der Waals surface area contributed by atoms with Crippen LogP contribution in [0.1, 0.15) is 49.7 Å². The van der Waals surface area contributed by atoms with Gasteiger partial charge in [0, 0.05) is 6.04 Å². The van der Waals surface area contributed by atoms with Crippen LogP contribution in [0.15, 0.2) is 18.2 Å². The first-order valence-electron chi connectivity index (χ1n) is 6.62. The number of benzene rings is 1. The first kappa shape index (κ1) is 12.6. The monoisotopic (exact) mass is 235 g/mol. The van der Waals surface area contributed by atoms with Crippen LogP contribution in [-0.2, 0) is 0 Å². The molecule has 1 aromatic carbocycles. The lowest BCUT2D eigenvalue weighted by Crippen LogP contribution is -2.34. The van der Waals surface area contributed by atoms with Crippen LogP contribution in [0.5, 0.6) is 0 Å². The highest BCUT2D eigenvalue weighted by molar-refractivity contribution is 5.28. The van der Waals surface area contributed by atoms with Gasteiger partial charge in [0.2, 0.25) is 0 Å². The Balaban J connectivity index is 2.24. The minimum atomic E-state index is -0.133.